The average Bonchev–Trinajstić information content (AvgIpc) is 3.46. The zero-order chi connectivity index (χ0) is 22.2. The normalized spacial score (nSPS) is 11.6. The minimum atomic E-state index is -0.00952. The van der Waals surface area contributed by atoms with Gasteiger partial charge in [-0.1, -0.05) is 47.8 Å². The topological polar surface area (TPSA) is 69.8 Å². The highest BCUT2D eigenvalue weighted by Gasteiger charge is 2.12. The van der Waals surface area contributed by atoms with Crippen molar-refractivity contribution in [2.45, 2.75) is 21.8 Å². The second kappa shape index (κ2) is 8.86. The summed E-state index contributed by atoms with van der Waals surface area (Å²) in [6.45, 7) is 0. The van der Waals surface area contributed by atoms with Crippen molar-refractivity contribution >= 4 is 66.6 Å². The second-order valence-corrected chi connectivity index (χ2v) is 10.9. The summed E-state index contributed by atoms with van der Waals surface area (Å²) in [5.74, 6) is 1.43. The quantitative estimate of drug-likeness (QED) is 0.245. The lowest BCUT2D eigenvalue weighted by atomic mass is 10.2. The second-order valence-electron chi connectivity index (χ2n) is 7.19. The summed E-state index contributed by atoms with van der Waals surface area (Å²) in [6, 6.07) is 12.0. The smallest absolute Gasteiger partial charge is 0.262 e. The van der Waals surface area contributed by atoms with Crippen molar-refractivity contribution in [2.24, 2.45) is 14.1 Å². The molecule has 0 bridgehead atoms. The lowest BCUT2D eigenvalue weighted by Crippen LogP contribution is -2.19. The first-order valence-corrected chi connectivity index (χ1v) is 13.5. The summed E-state index contributed by atoms with van der Waals surface area (Å²) in [7, 11) is 3.53. The Balaban J connectivity index is 1.31. The molecule has 0 aliphatic carbocycles. The summed E-state index contributed by atoms with van der Waals surface area (Å²) >= 11 is 6.09. The van der Waals surface area contributed by atoms with Crippen molar-refractivity contribution in [1.82, 2.24) is 19.1 Å². The Morgan fingerprint density at radius 3 is 1.72 bits per heavy atom. The van der Waals surface area contributed by atoms with Crippen molar-refractivity contribution in [2.75, 3.05) is 0 Å². The maximum absolute atomic E-state index is 12.5. The molecule has 0 amide bonds. The standard InChI is InChI=1S/C22H18N4O2S4/c1-25-19(27)15-6-8-29-17(15)23-21(25)31-11-13-4-3-5-14(10-13)12-32-22-24-18-16(7-9-30-18)20(28)26(22)2/h3-10H,11-12H2,1-2H3. The molecule has 0 radical (unpaired) electrons. The first kappa shape index (κ1) is 21.4. The molecule has 4 aromatic heterocycles. The minimum absolute atomic E-state index is 0.00952. The number of thiophene rings is 2. The maximum atomic E-state index is 12.5. The van der Waals surface area contributed by atoms with Crippen molar-refractivity contribution < 1.29 is 0 Å². The number of aromatic nitrogens is 4. The number of nitrogens with zero attached hydrogens (tertiary/aromatic N) is 4. The van der Waals surface area contributed by atoms with E-state index >= 15 is 0 Å². The molecule has 1 aromatic carbocycles. The van der Waals surface area contributed by atoms with E-state index in [9.17, 15) is 9.59 Å². The van der Waals surface area contributed by atoms with Gasteiger partial charge in [0.15, 0.2) is 10.3 Å². The number of hydrogen-bond acceptors (Lipinski definition) is 8. The number of rotatable bonds is 6. The van der Waals surface area contributed by atoms with E-state index in [0.717, 1.165) is 20.8 Å². The van der Waals surface area contributed by atoms with Crippen molar-refractivity contribution in [3.05, 3.63) is 79.0 Å². The predicted molar refractivity (Wildman–Crippen MR) is 135 cm³/mol. The fourth-order valence-electron chi connectivity index (χ4n) is 3.32. The van der Waals surface area contributed by atoms with Crippen LogP contribution in [0.25, 0.3) is 20.4 Å². The molecular formula is C22H18N4O2S4. The first-order chi connectivity index (χ1) is 15.5. The average molecular weight is 499 g/mol. The monoisotopic (exact) mass is 498 g/mol. The lowest BCUT2D eigenvalue weighted by Gasteiger charge is -2.09. The van der Waals surface area contributed by atoms with Gasteiger partial charge in [-0.15, -0.1) is 22.7 Å². The summed E-state index contributed by atoms with van der Waals surface area (Å²) < 4.78 is 3.23. The van der Waals surface area contributed by atoms with Crippen molar-refractivity contribution in [1.29, 1.82) is 0 Å². The fraction of sp³-hybridized carbons (Fsp3) is 0.182. The van der Waals surface area contributed by atoms with Crippen LogP contribution in [-0.2, 0) is 25.6 Å². The third-order valence-electron chi connectivity index (χ3n) is 5.06. The van der Waals surface area contributed by atoms with Gasteiger partial charge < -0.3 is 0 Å². The van der Waals surface area contributed by atoms with Crippen LogP contribution in [0.5, 0.6) is 0 Å². The summed E-state index contributed by atoms with van der Waals surface area (Å²) in [4.78, 5) is 35.8. The Morgan fingerprint density at radius 2 is 1.25 bits per heavy atom. The Hall–Kier alpha value is -2.40. The van der Waals surface area contributed by atoms with Crippen LogP contribution in [0.15, 0.2) is 67.1 Å². The maximum Gasteiger partial charge on any atom is 0.262 e. The first-order valence-electron chi connectivity index (χ1n) is 9.73. The Kier molecular flexibility index (Phi) is 5.93. The van der Waals surface area contributed by atoms with E-state index in [2.05, 4.69) is 28.2 Å². The van der Waals surface area contributed by atoms with Crippen LogP contribution in [0.4, 0.5) is 0 Å². The Bertz CT molecular complexity index is 1450. The highest BCUT2D eigenvalue weighted by atomic mass is 32.2. The van der Waals surface area contributed by atoms with E-state index in [1.54, 1.807) is 46.8 Å². The van der Waals surface area contributed by atoms with Gasteiger partial charge in [0.25, 0.3) is 11.1 Å². The Labute approximate surface area is 200 Å². The van der Waals surface area contributed by atoms with E-state index in [-0.39, 0.29) is 11.1 Å². The van der Waals surface area contributed by atoms with Gasteiger partial charge in [0.2, 0.25) is 0 Å². The van der Waals surface area contributed by atoms with Gasteiger partial charge in [-0.05, 0) is 34.0 Å². The number of hydrogen-bond donors (Lipinski definition) is 0. The molecule has 0 aliphatic rings. The van der Waals surface area contributed by atoms with Crippen LogP contribution in [-0.4, -0.2) is 19.1 Å². The van der Waals surface area contributed by atoms with Crippen LogP contribution < -0.4 is 11.1 Å². The van der Waals surface area contributed by atoms with Gasteiger partial charge in [0.1, 0.15) is 9.66 Å². The van der Waals surface area contributed by atoms with E-state index in [1.165, 1.54) is 22.7 Å². The zero-order valence-electron chi connectivity index (χ0n) is 17.3. The van der Waals surface area contributed by atoms with E-state index < -0.39 is 0 Å². The summed E-state index contributed by atoms with van der Waals surface area (Å²) in [5, 5.41) is 6.57. The molecule has 0 fully saturated rings. The molecule has 0 unspecified atom stereocenters. The molecule has 0 spiro atoms. The molecule has 10 heteroatoms. The van der Waals surface area contributed by atoms with Crippen LogP contribution in [0.3, 0.4) is 0 Å². The van der Waals surface area contributed by atoms with Crippen LogP contribution in [0, 0.1) is 0 Å². The number of benzene rings is 1. The molecule has 6 nitrogen and oxygen atoms in total. The van der Waals surface area contributed by atoms with Crippen LogP contribution >= 0.6 is 46.2 Å². The molecular weight excluding hydrogens is 481 g/mol. The van der Waals surface area contributed by atoms with Gasteiger partial charge in [-0.3, -0.25) is 18.7 Å². The molecule has 5 rings (SSSR count). The van der Waals surface area contributed by atoms with Crippen molar-refractivity contribution in [3.8, 4) is 0 Å². The minimum Gasteiger partial charge on any atom is -0.290 e. The zero-order valence-corrected chi connectivity index (χ0v) is 20.5. The highest BCUT2D eigenvalue weighted by Crippen LogP contribution is 2.26. The van der Waals surface area contributed by atoms with E-state index in [4.69, 9.17) is 0 Å². The molecule has 0 N–H and O–H groups in total. The molecule has 4 heterocycles. The van der Waals surface area contributed by atoms with E-state index in [0.29, 0.717) is 32.6 Å². The largest absolute Gasteiger partial charge is 0.290 e. The molecule has 0 atom stereocenters. The highest BCUT2D eigenvalue weighted by molar-refractivity contribution is 7.98. The van der Waals surface area contributed by atoms with Gasteiger partial charge in [0, 0.05) is 25.6 Å². The van der Waals surface area contributed by atoms with Gasteiger partial charge >= 0.3 is 0 Å². The summed E-state index contributed by atoms with van der Waals surface area (Å²) in [5.41, 5.74) is 2.29. The third-order valence-corrected chi connectivity index (χ3v) is 8.87. The Morgan fingerprint density at radius 1 is 0.781 bits per heavy atom. The molecule has 32 heavy (non-hydrogen) atoms. The molecule has 0 aliphatic heterocycles. The van der Waals surface area contributed by atoms with Crippen LogP contribution in [0.1, 0.15) is 11.1 Å². The summed E-state index contributed by atoms with van der Waals surface area (Å²) in [6.07, 6.45) is 0. The molecule has 0 saturated carbocycles. The molecule has 162 valence electrons. The van der Waals surface area contributed by atoms with Gasteiger partial charge in [-0.25, -0.2) is 9.97 Å². The SMILES string of the molecule is Cn1c(SCc2cccc(CSc3nc4sccc4c(=O)n3C)c2)nc2sccc2c1=O. The fourth-order valence-corrected chi connectivity index (χ4v) is 6.76. The number of thioether (sulfide) groups is 2. The van der Waals surface area contributed by atoms with Crippen LogP contribution in [0.2, 0.25) is 0 Å². The number of fused-ring (bicyclic) bond motifs is 2. The van der Waals surface area contributed by atoms with Crippen molar-refractivity contribution in [3.63, 3.8) is 0 Å². The lowest BCUT2D eigenvalue weighted by molar-refractivity contribution is 0.728. The molecule has 0 saturated heterocycles. The van der Waals surface area contributed by atoms with E-state index in [1.807, 2.05) is 29.0 Å². The van der Waals surface area contributed by atoms with Gasteiger partial charge in [-0.2, -0.15) is 0 Å². The third kappa shape index (κ3) is 4.03. The van der Waals surface area contributed by atoms with Gasteiger partial charge in [0.05, 0.1) is 10.8 Å². The predicted octanol–water partition coefficient (Wildman–Crippen LogP) is 4.89. The molecule has 5 aromatic rings.